The summed E-state index contributed by atoms with van der Waals surface area (Å²) < 4.78 is 0. The van der Waals surface area contributed by atoms with Crippen LogP contribution in [0.3, 0.4) is 0 Å². The fourth-order valence-electron chi connectivity index (χ4n) is 0.899. The van der Waals surface area contributed by atoms with E-state index in [9.17, 15) is 0 Å². The van der Waals surface area contributed by atoms with Crippen LogP contribution in [-0.4, -0.2) is 0 Å². The molecule has 0 atom stereocenters. The Bertz CT molecular complexity index is 359. The second kappa shape index (κ2) is 3.37. The van der Waals surface area contributed by atoms with Crippen molar-refractivity contribution < 1.29 is 0 Å². The third kappa shape index (κ3) is 1.51. The topological polar surface area (TPSA) is 47.6 Å². The van der Waals surface area contributed by atoms with Crippen LogP contribution in [0.15, 0.2) is 24.8 Å². The van der Waals surface area contributed by atoms with Gasteiger partial charge in [0.2, 0.25) is 0 Å². The number of nitrogens with zero attached hydrogens (tertiary/aromatic N) is 2. The Labute approximate surface area is 71.0 Å². The summed E-state index contributed by atoms with van der Waals surface area (Å²) in [5, 5.41) is 17.2. The highest BCUT2D eigenvalue weighted by atomic mass is 14.3. The molecule has 0 aromatic heterocycles. The lowest BCUT2D eigenvalue weighted by molar-refractivity contribution is 1.44. The predicted octanol–water partition coefficient (Wildman–Crippen LogP) is 2.07. The van der Waals surface area contributed by atoms with E-state index in [1.54, 1.807) is 24.3 Å². The zero-order valence-electron chi connectivity index (χ0n) is 6.41. The molecule has 0 aliphatic rings. The monoisotopic (exact) mass is 154 g/mol. The van der Waals surface area contributed by atoms with Crippen LogP contribution in [0.5, 0.6) is 0 Å². The van der Waals surface area contributed by atoms with Crippen molar-refractivity contribution in [2.45, 2.75) is 0 Å². The Morgan fingerprint density at radius 2 is 1.58 bits per heavy atom. The minimum atomic E-state index is 0.490. The van der Waals surface area contributed by atoms with Gasteiger partial charge >= 0.3 is 0 Å². The molecule has 2 heteroatoms. The van der Waals surface area contributed by atoms with Crippen LogP contribution in [0.4, 0.5) is 0 Å². The standard InChI is InChI=1S/C10H6N2/c1-2-8-3-9(6-11)5-10(4-8)7-12/h2-5H,1H2. The number of hydrogen-bond acceptors (Lipinski definition) is 2. The van der Waals surface area contributed by atoms with E-state index in [1.807, 2.05) is 12.1 Å². The number of benzene rings is 1. The molecule has 0 amide bonds. The van der Waals surface area contributed by atoms with Gasteiger partial charge in [-0.3, -0.25) is 0 Å². The molecule has 1 aromatic carbocycles. The van der Waals surface area contributed by atoms with Gasteiger partial charge in [-0.05, 0) is 23.8 Å². The number of hydrogen-bond donors (Lipinski definition) is 0. The van der Waals surface area contributed by atoms with Crippen molar-refractivity contribution in [3.05, 3.63) is 41.5 Å². The third-order valence-corrected chi connectivity index (χ3v) is 1.45. The molecular weight excluding hydrogens is 148 g/mol. The SMILES string of the molecule is C=Cc1cc(C#N)cc(C#N)c1. The van der Waals surface area contributed by atoms with Crippen LogP contribution in [0.1, 0.15) is 16.7 Å². The van der Waals surface area contributed by atoms with E-state index >= 15 is 0 Å². The molecule has 0 heterocycles. The molecule has 1 rings (SSSR count). The van der Waals surface area contributed by atoms with E-state index in [4.69, 9.17) is 10.5 Å². The van der Waals surface area contributed by atoms with Gasteiger partial charge in [-0.2, -0.15) is 10.5 Å². The van der Waals surface area contributed by atoms with E-state index < -0.39 is 0 Å². The summed E-state index contributed by atoms with van der Waals surface area (Å²) in [5.74, 6) is 0. The first-order valence-electron chi connectivity index (χ1n) is 3.38. The first-order chi connectivity index (χ1) is 5.80. The van der Waals surface area contributed by atoms with E-state index in [0.717, 1.165) is 5.56 Å². The van der Waals surface area contributed by atoms with Crippen LogP contribution in [0, 0.1) is 22.7 Å². The van der Waals surface area contributed by atoms with Crippen molar-refractivity contribution >= 4 is 6.08 Å². The molecule has 56 valence electrons. The van der Waals surface area contributed by atoms with Gasteiger partial charge < -0.3 is 0 Å². The van der Waals surface area contributed by atoms with Gasteiger partial charge in [0.15, 0.2) is 0 Å². The molecule has 0 bridgehead atoms. The van der Waals surface area contributed by atoms with Crippen molar-refractivity contribution in [3.63, 3.8) is 0 Å². The second-order valence-corrected chi connectivity index (χ2v) is 2.27. The Morgan fingerprint density at radius 3 is 1.92 bits per heavy atom. The van der Waals surface area contributed by atoms with E-state index in [2.05, 4.69) is 6.58 Å². The molecular formula is C10H6N2. The number of nitriles is 2. The largest absolute Gasteiger partial charge is 0.192 e. The van der Waals surface area contributed by atoms with Crippen molar-refractivity contribution in [2.24, 2.45) is 0 Å². The van der Waals surface area contributed by atoms with Gasteiger partial charge in [-0.15, -0.1) is 0 Å². The molecule has 12 heavy (non-hydrogen) atoms. The first-order valence-corrected chi connectivity index (χ1v) is 3.38. The van der Waals surface area contributed by atoms with Crippen LogP contribution in [-0.2, 0) is 0 Å². The normalized spacial score (nSPS) is 8.17. The highest BCUT2D eigenvalue weighted by Gasteiger charge is 1.96. The van der Waals surface area contributed by atoms with Crippen LogP contribution in [0.25, 0.3) is 6.08 Å². The Balaban J connectivity index is 3.33. The van der Waals surface area contributed by atoms with Crippen molar-refractivity contribution in [1.82, 2.24) is 0 Å². The Kier molecular flexibility index (Phi) is 2.26. The summed E-state index contributed by atoms with van der Waals surface area (Å²) in [6.07, 6.45) is 1.61. The maximum absolute atomic E-state index is 8.58. The fraction of sp³-hybridized carbons (Fsp3) is 0. The lowest BCUT2D eigenvalue weighted by atomic mass is 10.1. The fourth-order valence-corrected chi connectivity index (χ4v) is 0.899. The lowest BCUT2D eigenvalue weighted by Crippen LogP contribution is -1.81. The van der Waals surface area contributed by atoms with Gasteiger partial charge in [0.25, 0.3) is 0 Å². The Morgan fingerprint density at radius 1 is 1.08 bits per heavy atom. The first kappa shape index (κ1) is 8.04. The summed E-state index contributed by atoms with van der Waals surface area (Å²) in [7, 11) is 0. The van der Waals surface area contributed by atoms with Gasteiger partial charge in [0, 0.05) is 0 Å². The van der Waals surface area contributed by atoms with Crippen LogP contribution in [0.2, 0.25) is 0 Å². The molecule has 0 fully saturated rings. The molecule has 2 nitrogen and oxygen atoms in total. The zero-order chi connectivity index (χ0) is 8.97. The number of rotatable bonds is 1. The molecule has 0 radical (unpaired) electrons. The molecule has 0 N–H and O–H groups in total. The molecule has 0 unspecified atom stereocenters. The van der Waals surface area contributed by atoms with Crippen molar-refractivity contribution in [1.29, 1.82) is 10.5 Å². The van der Waals surface area contributed by atoms with E-state index in [0.29, 0.717) is 11.1 Å². The summed E-state index contributed by atoms with van der Waals surface area (Å²) in [6, 6.07) is 8.88. The molecule has 0 aliphatic heterocycles. The van der Waals surface area contributed by atoms with Crippen LogP contribution < -0.4 is 0 Å². The average molecular weight is 154 g/mol. The maximum atomic E-state index is 8.58. The lowest BCUT2D eigenvalue weighted by Gasteiger charge is -1.94. The van der Waals surface area contributed by atoms with Gasteiger partial charge in [0.05, 0.1) is 23.3 Å². The minimum Gasteiger partial charge on any atom is -0.192 e. The van der Waals surface area contributed by atoms with Crippen LogP contribution >= 0.6 is 0 Å². The zero-order valence-corrected chi connectivity index (χ0v) is 6.41. The van der Waals surface area contributed by atoms with Gasteiger partial charge in [-0.25, -0.2) is 0 Å². The highest BCUT2D eigenvalue weighted by molar-refractivity contribution is 5.54. The third-order valence-electron chi connectivity index (χ3n) is 1.45. The predicted molar refractivity (Wildman–Crippen MR) is 46.0 cm³/mol. The van der Waals surface area contributed by atoms with Gasteiger partial charge in [-0.1, -0.05) is 12.7 Å². The average Bonchev–Trinajstić information content (AvgIpc) is 2.16. The molecule has 0 saturated heterocycles. The van der Waals surface area contributed by atoms with E-state index in [-0.39, 0.29) is 0 Å². The molecule has 0 saturated carbocycles. The van der Waals surface area contributed by atoms with Crippen molar-refractivity contribution in [3.8, 4) is 12.1 Å². The second-order valence-electron chi connectivity index (χ2n) is 2.27. The van der Waals surface area contributed by atoms with Crippen molar-refractivity contribution in [2.75, 3.05) is 0 Å². The highest BCUT2D eigenvalue weighted by Crippen LogP contribution is 2.09. The summed E-state index contributed by atoms with van der Waals surface area (Å²) >= 11 is 0. The quantitative estimate of drug-likeness (QED) is 0.621. The smallest absolute Gasteiger partial charge is 0.0992 e. The summed E-state index contributed by atoms with van der Waals surface area (Å²) in [4.78, 5) is 0. The summed E-state index contributed by atoms with van der Waals surface area (Å²) in [5.41, 5.74) is 1.78. The molecule has 1 aromatic rings. The molecule has 0 spiro atoms. The van der Waals surface area contributed by atoms with Gasteiger partial charge in [0.1, 0.15) is 0 Å². The maximum Gasteiger partial charge on any atom is 0.0992 e. The summed E-state index contributed by atoms with van der Waals surface area (Å²) in [6.45, 7) is 3.56. The Hall–Kier alpha value is -2.06. The molecule has 0 aliphatic carbocycles. The van der Waals surface area contributed by atoms with E-state index in [1.165, 1.54) is 0 Å². The minimum absolute atomic E-state index is 0.490.